The van der Waals surface area contributed by atoms with Gasteiger partial charge in [-0.15, -0.1) is 0 Å². The van der Waals surface area contributed by atoms with Gasteiger partial charge in [-0.05, 0) is 45.2 Å². The molecule has 1 aromatic heterocycles. The Morgan fingerprint density at radius 3 is 3.24 bits per heavy atom. The molecule has 2 rings (SSSR count). The van der Waals surface area contributed by atoms with Crippen molar-refractivity contribution < 1.29 is 9.21 Å². The Labute approximate surface area is 101 Å². The average Bonchev–Trinajstić information content (AvgIpc) is 2.77. The van der Waals surface area contributed by atoms with Crippen LogP contribution in [0.2, 0.25) is 0 Å². The first kappa shape index (κ1) is 12.1. The van der Waals surface area contributed by atoms with E-state index < -0.39 is 0 Å². The normalized spacial score (nSPS) is 20.2. The zero-order valence-corrected chi connectivity index (χ0v) is 10.2. The molecule has 5 nitrogen and oxygen atoms in total. The number of hydrogen-bond acceptors (Lipinski definition) is 4. The Hall–Kier alpha value is -1.36. The zero-order chi connectivity index (χ0) is 12.1. The third-order valence-corrected chi connectivity index (χ3v) is 3.19. The minimum Gasteiger partial charge on any atom is -0.438 e. The second kappa shape index (κ2) is 5.82. The molecule has 1 atom stereocenters. The van der Waals surface area contributed by atoms with E-state index in [1.54, 1.807) is 6.92 Å². The van der Waals surface area contributed by atoms with Crippen LogP contribution in [0.3, 0.4) is 0 Å². The summed E-state index contributed by atoms with van der Waals surface area (Å²) in [5.74, 6) is 0.843. The number of rotatable bonds is 4. The maximum absolute atomic E-state index is 11.7. The first-order chi connectivity index (χ1) is 8.27. The maximum atomic E-state index is 11.7. The molecule has 1 amide bonds. The fraction of sp³-hybridized carbons (Fsp3) is 0.667. The number of carbonyl (C=O) groups is 1. The van der Waals surface area contributed by atoms with Crippen LogP contribution < -0.4 is 10.6 Å². The van der Waals surface area contributed by atoms with Gasteiger partial charge in [0.25, 0.3) is 5.91 Å². The molecule has 0 aliphatic carbocycles. The predicted octanol–water partition coefficient (Wildman–Crippen LogP) is 1.10. The van der Waals surface area contributed by atoms with Crippen LogP contribution in [0.5, 0.6) is 0 Å². The van der Waals surface area contributed by atoms with Crippen molar-refractivity contribution in [1.29, 1.82) is 0 Å². The number of hydrogen-bond donors (Lipinski definition) is 2. The number of oxazole rings is 1. The van der Waals surface area contributed by atoms with Gasteiger partial charge in [-0.3, -0.25) is 4.79 Å². The lowest BCUT2D eigenvalue weighted by Crippen LogP contribution is -2.33. The highest BCUT2D eigenvalue weighted by molar-refractivity contribution is 5.92. The quantitative estimate of drug-likeness (QED) is 0.823. The van der Waals surface area contributed by atoms with Crippen molar-refractivity contribution in [2.75, 3.05) is 19.6 Å². The summed E-state index contributed by atoms with van der Waals surface area (Å²) in [4.78, 5) is 15.6. The van der Waals surface area contributed by atoms with Crippen LogP contribution in [0.4, 0.5) is 0 Å². The van der Waals surface area contributed by atoms with Crippen molar-refractivity contribution in [3.05, 3.63) is 17.8 Å². The fourth-order valence-corrected chi connectivity index (χ4v) is 2.16. The van der Waals surface area contributed by atoms with E-state index in [1.165, 1.54) is 19.2 Å². The number of carbonyl (C=O) groups excluding carboxylic acids is 1. The Balaban J connectivity index is 1.71. The Morgan fingerprint density at radius 2 is 2.59 bits per heavy atom. The first-order valence-electron chi connectivity index (χ1n) is 6.16. The number of amides is 1. The first-order valence-corrected chi connectivity index (χ1v) is 6.16. The molecule has 1 fully saturated rings. The van der Waals surface area contributed by atoms with E-state index in [0.29, 0.717) is 23.9 Å². The lowest BCUT2D eigenvalue weighted by molar-refractivity contribution is 0.0922. The van der Waals surface area contributed by atoms with E-state index in [0.717, 1.165) is 19.5 Å². The standard InChI is InChI=1S/C12H19N3O2/c1-9-11(17-8-15-9)12(16)14-6-4-10-3-2-5-13-7-10/h8,10,13H,2-7H2,1H3,(H,14,16). The number of aryl methyl sites for hydroxylation is 1. The van der Waals surface area contributed by atoms with Crippen LogP contribution in [0, 0.1) is 12.8 Å². The summed E-state index contributed by atoms with van der Waals surface area (Å²) in [5, 5.41) is 6.24. The highest BCUT2D eigenvalue weighted by Crippen LogP contribution is 2.13. The van der Waals surface area contributed by atoms with Gasteiger partial charge in [0.15, 0.2) is 6.39 Å². The molecule has 1 aliphatic rings. The van der Waals surface area contributed by atoms with Gasteiger partial charge in [0.2, 0.25) is 5.76 Å². The van der Waals surface area contributed by atoms with E-state index in [-0.39, 0.29) is 5.91 Å². The van der Waals surface area contributed by atoms with Crippen LogP contribution in [0.1, 0.15) is 35.5 Å². The van der Waals surface area contributed by atoms with Gasteiger partial charge in [-0.2, -0.15) is 0 Å². The van der Waals surface area contributed by atoms with Crippen molar-refractivity contribution in [1.82, 2.24) is 15.6 Å². The van der Waals surface area contributed by atoms with Gasteiger partial charge in [0.1, 0.15) is 0 Å². The number of nitrogens with one attached hydrogen (secondary N) is 2. The van der Waals surface area contributed by atoms with Gasteiger partial charge >= 0.3 is 0 Å². The molecule has 0 aromatic carbocycles. The molecule has 0 radical (unpaired) electrons. The summed E-state index contributed by atoms with van der Waals surface area (Å²) in [5.41, 5.74) is 0.641. The Kier molecular flexibility index (Phi) is 4.14. The largest absolute Gasteiger partial charge is 0.438 e. The molecule has 5 heteroatoms. The lowest BCUT2D eigenvalue weighted by Gasteiger charge is -2.22. The minimum atomic E-state index is -0.163. The molecular formula is C12H19N3O2. The van der Waals surface area contributed by atoms with E-state index in [1.807, 2.05) is 0 Å². The molecule has 1 aliphatic heterocycles. The summed E-state index contributed by atoms with van der Waals surface area (Å²) in [7, 11) is 0. The number of nitrogens with zero attached hydrogens (tertiary/aromatic N) is 1. The molecule has 17 heavy (non-hydrogen) atoms. The van der Waals surface area contributed by atoms with Gasteiger partial charge in [0, 0.05) is 6.54 Å². The van der Waals surface area contributed by atoms with Crippen molar-refractivity contribution in [3.63, 3.8) is 0 Å². The molecule has 94 valence electrons. The molecule has 0 spiro atoms. The summed E-state index contributed by atoms with van der Waals surface area (Å²) >= 11 is 0. The second-order valence-electron chi connectivity index (χ2n) is 4.52. The number of aromatic nitrogens is 1. The van der Waals surface area contributed by atoms with Crippen molar-refractivity contribution in [2.45, 2.75) is 26.2 Å². The van der Waals surface area contributed by atoms with Crippen LogP contribution in [0.15, 0.2) is 10.8 Å². The molecule has 2 heterocycles. The molecular weight excluding hydrogens is 218 g/mol. The molecule has 0 bridgehead atoms. The maximum Gasteiger partial charge on any atom is 0.288 e. The van der Waals surface area contributed by atoms with Gasteiger partial charge in [-0.25, -0.2) is 4.98 Å². The summed E-state index contributed by atoms with van der Waals surface area (Å²) < 4.78 is 5.03. The Bertz CT molecular complexity index is 370. The second-order valence-corrected chi connectivity index (χ2v) is 4.52. The molecule has 1 unspecified atom stereocenters. The van der Waals surface area contributed by atoms with E-state index >= 15 is 0 Å². The van der Waals surface area contributed by atoms with E-state index in [2.05, 4.69) is 15.6 Å². The SMILES string of the molecule is Cc1ncoc1C(=O)NCCC1CCCNC1. The zero-order valence-electron chi connectivity index (χ0n) is 10.2. The third-order valence-electron chi connectivity index (χ3n) is 3.19. The third kappa shape index (κ3) is 3.30. The van der Waals surface area contributed by atoms with Gasteiger partial charge in [-0.1, -0.05) is 0 Å². The van der Waals surface area contributed by atoms with Crippen molar-refractivity contribution in [2.24, 2.45) is 5.92 Å². The van der Waals surface area contributed by atoms with Crippen LogP contribution in [-0.4, -0.2) is 30.5 Å². The number of piperidine rings is 1. The highest BCUT2D eigenvalue weighted by Gasteiger charge is 2.15. The van der Waals surface area contributed by atoms with Gasteiger partial charge in [0.05, 0.1) is 5.69 Å². The van der Waals surface area contributed by atoms with E-state index in [9.17, 15) is 4.79 Å². The summed E-state index contributed by atoms with van der Waals surface area (Å²) in [6, 6.07) is 0. The average molecular weight is 237 g/mol. The van der Waals surface area contributed by atoms with Crippen LogP contribution >= 0.6 is 0 Å². The fourth-order valence-electron chi connectivity index (χ4n) is 2.16. The van der Waals surface area contributed by atoms with Gasteiger partial charge < -0.3 is 15.1 Å². The van der Waals surface area contributed by atoms with E-state index in [4.69, 9.17) is 4.42 Å². The van der Waals surface area contributed by atoms with Crippen LogP contribution in [-0.2, 0) is 0 Å². The molecule has 0 saturated carbocycles. The smallest absolute Gasteiger partial charge is 0.288 e. The van der Waals surface area contributed by atoms with Crippen molar-refractivity contribution in [3.8, 4) is 0 Å². The topological polar surface area (TPSA) is 67.2 Å². The summed E-state index contributed by atoms with van der Waals surface area (Å²) in [6.07, 6.45) is 4.81. The highest BCUT2D eigenvalue weighted by atomic mass is 16.3. The molecule has 1 aromatic rings. The van der Waals surface area contributed by atoms with Crippen molar-refractivity contribution >= 4 is 5.91 Å². The lowest BCUT2D eigenvalue weighted by atomic mass is 9.96. The molecule has 1 saturated heterocycles. The monoisotopic (exact) mass is 237 g/mol. The Morgan fingerprint density at radius 1 is 1.71 bits per heavy atom. The molecule has 2 N–H and O–H groups in total. The summed E-state index contributed by atoms with van der Waals surface area (Å²) in [6.45, 7) is 4.66. The minimum absolute atomic E-state index is 0.163. The van der Waals surface area contributed by atoms with Crippen LogP contribution in [0.25, 0.3) is 0 Å². The predicted molar refractivity (Wildman–Crippen MR) is 63.8 cm³/mol.